The molecule has 102 valence electrons. The molecule has 0 aliphatic rings. The normalized spacial score (nSPS) is 10.6. The average molecular weight is 271 g/mol. The van der Waals surface area contributed by atoms with E-state index >= 15 is 0 Å². The van der Waals surface area contributed by atoms with Gasteiger partial charge in [0.15, 0.2) is 0 Å². The second-order valence-electron chi connectivity index (χ2n) is 3.96. The molecule has 0 amide bonds. The molecular formula is C11H13N9. The first kappa shape index (κ1) is 12.1. The van der Waals surface area contributed by atoms with Crippen LogP contribution in [0.1, 0.15) is 0 Å². The molecule has 0 aliphatic carbocycles. The quantitative estimate of drug-likeness (QED) is 0.668. The Morgan fingerprint density at radius 1 is 1.05 bits per heavy atom. The third kappa shape index (κ3) is 2.71. The van der Waals surface area contributed by atoms with Gasteiger partial charge in [0, 0.05) is 31.3 Å². The zero-order chi connectivity index (χ0) is 13.8. The summed E-state index contributed by atoms with van der Waals surface area (Å²) >= 11 is 0. The van der Waals surface area contributed by atoms with E-state index in [0.717, 1.165) is 0 Å². The van der Waals surface area contributed by atoms with Crippen LogP contribution in [0.15, 0.2) is 36.9 Å². The van der Waals surface area contributed by atoms with Crippen molar-refractivity contribution in [2.24, 2.45) is 0 Å². The largest absolute Gasteiger partial charge is 0.368 e. The number of nitrogens with one attached hydrogen (secondary N) is 1. The lowest BCUT2D eigenvalue weighted by Gasteiger charge is -2.07. The maximum absolute atomic E-state index is 5.67. The minimum atomic E-state index is 0.145. The van der Waals surface area contributed by atoms with Crippen LogP contribution in [-0.4, -0.2) is 41.1 Å². The van der Waals surface area contributed by atoms with Crippen LogP contribution in [0.4, 0.5) is 11.9 Å². The topological polar surface area (TPSA) is 112 Å². The van der Waals surface area contributed by atoms with E-state index in [-0.39, 0.29) is 5.95 Å². The highest BCUT2D eigenvalue weighted by atomic mass is 15.4. The molecule has 3 rings (SSSR count). The number of hydrogen-bond acceptors (Lipinski definition) is 7. The van der Waals surface area contributed by atoms with Crippen molar-refractivity contribution in [3.05, 3.63) is 36.9 Å². The Morgan fingerprint density at radius 3 is 2.65 bits per heavy atom. The van der Waals surface area contributed by atoms with E-state index in [1.165, 1.54) is 4.68 Å². The molecule has 9 heteroatoms. The van der Waals surface area contributed by atoms with Crippen molar-refractivity contribution in [1.82, 2.24) is 34.5 Å². The molecule has 0 unspecified atom stereocenters. The minimum absolute atomic E-state index is 0.145. The zero-order valence-corrected chi connectivity index (χ0v) is 10.6. The highest BCUT2D eigenvalue weighted by molar-refractivity contribution is 5.34. The lowest BCUT2D eigenvalue weighted by Crippen LogP contribution is -2.15. The van der Waals surface area contributed by atoms with Crippen LogP contribution in [0.2, 0.25) is 0 Å². The maximum Gasteiger partial charge on any atom is 0.257 e. The Morgan fingerprint density at radius 2 is 1.90 bits per heavy atom. The highest BCUT2D eigenvalue weighted by Crippen LogP contribution is 2.05. The van der Waals surface area contributed by atoms with E-state index in [9.17, 15) is 0 Å². The van der Waals surface area contributed by atoms with Gasteiger partial charge in [-0.3, -0.25) is 4.68 Å². The fourth-order valence-corrected chi connectivity index (χ4v) is 1.66. The Balaban J connectivity index is 1.70. The van der Waals surface area contributed by atoms with Crippen LogP contribution in [-0.2, 0) is 6.54 Å². The van der Waals surface area contributed by atoms with Crippen LogP contribution < -0.4 is 11.1 Å². The summed E-state index contributed by atoms with van der Waals surface area (Å²) in [7, 11) is 0. The van der Waals surface area contributed by atoms with Gasteiger partial charge in [-0.2, -0.15) is 25.1 Å². The number of aromatic nitrogens is 7. The van der Waals surface area contributed by atoms with Crippen molar-refractivity contribution in [1.29, 1.82) is 0 Å². The van der Waals surface area contributed by atoms with Gasteiger partial charge in [-0.1, -0.05) is 0 Å². The van der Waals surface area contributed by atoms with Crippen molar-refractivity contribution in [3.63, 3.8) is 0 Å². The van der Waals surface area contributed by atoms with E-state index in [0.29, 0.717) is 25.0 Å². The molecule has 0 aromatic carbocycles. The summed E-state index contributed by atoms with van der Waals surface area (Å²) in [6, 6.07) is 3.65. The molecular weight excluding hydrogens is 258 g/mol. The Labute approximate surface area is 114 Å². The molecule has 0 radical (unpaired) electrons. The summed E-state index contributed by atoms with van der Waals surface area (Å²) in [5.74, 6) is 0.936. The molecule has 3 aromatic heterocycles. The van der Waals surface area contributed by atoms with Gasteiger partial charge < -0.3 is 11.1 Å². The number of nitrogen functional groups attached to an aromatic ring is 1. The Bertz CT molecular complexity index is 659. The minimum Gasteiger partial charge on any atom is -0.368 e. The average Bonchev–Trinajstić information content (AvgIpc) is 3.11. The van der Waals surface area contributed by atoms with Crippen molar-refractivity contribution in [3.8, 4) is 5.95 Å². The molecule has 9 nitrogen and oxygen atoms in total. The summed E-state index contributed by atoms with van der Waals surface area (Å²) in [5.41, 5.74) is 5.67. The molecule has 0 atom stereocenters. The van der Waals surface area contributed by atoms with Crippen molar-refractivity contribution < 1.29 is 0 Å². The third-order valence-electron chi connectivity index (χ3n) is 2.53. The second kappa shape index (κ2) is 5.34. The first-order chi connectivity index (χ1) is 9.81. The number of nitrogens with two attached hydrogens (primary N) is 1. The predicted molar refractivity (Wildman–Crippen MR) is 72.1 cm³/mol. The van der Waals surface area contributed by atoms with Gasteiger partial charge in [0.25, 0.3) is 5.95 Å². The van der Waals surface area contributed by atoms with Crippen LogP contribution in [0.3, 0.4) is 0 Å². The van der Waals surface area contributed by atoms with E-state index in [4.69, 9.17) is 5.73 Å². The molecule has 0 fully saturated rings. The number of hydrogen-bond donors (Lipinski definition) is 2. The van der Waals surface area contributed by atoms with Crippen LogP contribution in [0.25, 0.3) is 5.95 Å². The lowest BCUT2D eigenvalue weighted by molar-refractivity contribution is 0.635. The fourth-order valence-electron chi connectivity index (χ4n) is 1.66. The SMILES string of the molecule is Nc1nc(NCCn2cccn2)nc(-n2cccn2)n1. The molecule has 0 spiro atoms. The molecule has 20 heavy (non-hydrogen) atoms. The maximum atomic E-state index is 5.67. The van der Waals surface area contributed by atoms with E-state index in [1.54, 1.807) is 24.7 Å². The molecule has 0 saturated carbocycles. The van der Waals surface area contributed by atoms with Crippen LogP contribution in [0, 0.1) is 0 Å². The molecule has 0 saturated heterocycles. The van der Waals surface area contributed by atoms with Gasteiger partial charge in [-0.25, -0.2) is 4.68 Å². The summed E-state index contributed by atoms with van der Waals surface area (Å²) in [5, 5.41) is 11.2. The van der Waals surface area contributed by atoms with Gasteiger partial charge in [0.1, 0.15) is 0 Å². The van der Waals surface area contributed by atoms with Crippen LogP contribution >= 0.6 is 0 Å². The molecule has 3 heterocycles. The monoisotopic (exact) mass is 271 g/mol. The summed E-state index contributed by atoms with van der Waals surface area (Å²) in [6.07, 6.45) is 7.00. The first-order valence-corrected chi connectivity index (χ1v) is 6.04. The summed E-state index contributed by atoms with van der Waals surface area (Å²) in [6.45, 7) is 1.33. The Hall–Kier alpha value is -2.97. The zero-order valence-electron chi connectivity index (χ0n) is 10.6. The van der Waals surface area contributed by atoms with Crippen LogP contribution in [0.5, 0.6) is 0 Å². The standard InChI is InChI=1S/C11H13N9/c12-9-16-10(13-5-8-19-6-1-3-14-19)18-11(17-9)20-7-2-4-15-20/h1-4,6-7H,5,8H2,(H3,12,13,16,17,18). The third-order valence-corrected chi connectivity index (χ3v) is 2.53. The molecule has 0 bridgehead atoms. The number of nitrogens with zero attached hydrogens (tertiary/aromatic N) is 7. The lowest BCUT2D eigenvalue weighted by atomic mass is 10.6. The van der Waals surface area contributed by atoms with Gasteiger partial charge in [-0.15, -0.1) is 0 Å². The van der Waals surface area contributed by atoms with Gasteiger partial charge in [0.05, 0.1) is 6.54 Å². The summed E-state index contributed by atoms with van der Waals surface area (Å²) in [4.78, 5) is 12.3. The number of anilines is 2. The number of rotatable bonds is 5. The molecule has 3 N–H and O–H groups in total. The van der Waals surface area contributed by atoms with Gasteiger partial charge >= 0.3 is 0 Å². The van der Waals surface area contributed by atoms with E-state index in [1.807, 2.05) is 16.9 Å². The van der Waals surface area contributed by atoms with E-state index in [2.05, 4.69) is 30.5 Å². The first-order valence-electron chi connectivity index (χ1n) is 6.04. The van der Waals surface area contributed by atoms with Crippen molar-refractivity contribution >= 4 is 11.9 Å². The van der Waals surface area contributed by atoms with Gasteiger partial charge in [0.2, 0.25) is 11.9 Å². The molecule has 0 aliphatic heterocycles. The Kier molecular flexibility index (Phi) is 3.23. The van der Waals surface area contributed by atoms with Gasteiger partial charge in [-0.05, 0) is 12.1 Å². The van der Waals surface area contributed by atoms with Crippen molar-refractivity contribution in [2.45, 2.75) is 6.54 Å². The summed E-state index contributed by atoms with van der Waals surface area (Å²) < 4.78 is 3.34. The predicted octanol–water partition coefficient (Wildman–Crippen LogP) is -0.0519. The fraction of sp³-hybridized carbons (Fsp3) is 0.182. The highest BCUT2D eigenvalue weighted by Gasteiger charge is 2.06. The molecule has 3 aromatic rings. The van der Waals surface area contributed by atoms with E-state index < -0.39 is 0 Å². The second-order valence-corrected chi connectivity index (χ2v) is 3.96. The smallest absolute Gasteiger partial charge is 0.257 e. The van der Waals surface area contributed by atoms with Crippen molar-refractivity contribution in [2.75, 3.05) is 17.6 Å².